The predicted octanol–water partition coefficient (Wildman–Crippen LogP) is 4.17. The molecule has 1 atom stereocenters. The van der Waals surface area contributed by atoms with E-state index in [1.807, 2.05) is 19.1 Å². The maximum Gasteiger partial charge on any atom is 0.163 e. The van der Waals surface area contributed by atoms with E-state index in [-0.39, 0.29) is 5.78 Å². The Bertz CT molecular complexity index is 534. The van der Waals surface area contributed by atoms with Gasteiger partial charge in [-0.3, -0.25) is 4.79 Å². The molecule has 21 heavy (non-hydrogen) atoms. The van der Waals surface area contributed by atoms with Crippen LogP contribution in [-0.4, -0.2) is 18.9 Å². The van der Waals surface area contributed by atoms with Gasteiger partial charge in [-0.05, 0) is 81.1 Å². The number of hydrogen-bond donors (Lipinski definition) is 1. The van der Waals surface area contributed by atoms with Crippen LogP contribution in [0.1, 0.15) is 53.6 Å². The van der Waals surface area contributed by atoms with E-state index in [1.54, 1.807) is 0 Å². The lowest BCUT2D eigenvalue weighted by Gasteiger charge is -2.26. The van der Waals surface area contributed by atoms with Crippen LogP contribution in [-0.2, 0) is 6.42 Å². The number of benzene rings is 1. The molecule has 0 amide bonds. The van der Waals surface area contributed by atoms with Gasteiger partial charge in [0.15, 0.2) is 5.78 Å². The lowest BCUT2D eigenvalue weighted by Crippen LogP contribution is -2.29. The maximum atomic E-state index is 12.4. The molecule has 1 N–H and O–H groups in total. The summed E-state index contributed by atoms with van der Waals surface area (Å²) in [6.45, 7) is 4.32. The van der Waals surface area contributed by atoms with Crippen LogP contribution in [0.3, 0.4) is 0 Å². The number of hydrogen-bond acceptors (Lipinski definition) is 2. The fourth-order valence-corrected chi connectivity index (χ4v) is 4.20. The van der Waals surface area contributed by atoms with Crippen LogP contribution in [0.4, 0.5) is 0 Å². The maximum absolute atomic E-state index is 12.4. The molecule has 1 aromatic carbocycles. The van der Waals surface area contributed by atoms with Gasteiger partial charge >= 0.3 is 0 Å². The van der Waals surface area contributed by atoms with Crippen LogP contribution in [0, 0.1) is 18.8 Å². The Morgan fingerprint density at radius 1 is 1.19 bits per heavy atom. The third-order valence-electron chi connectivity index (χ3n) is 5.14. The normalized spacial score (nSPS) is 23.7. The van der Waals surface area contributed by atoms with Gasteiger partial charge < -0.3 is 5.32 Å². The minimum absolute atomic E-state index is 0.290. The second-order valence-corrected chi connectivity index (χ2v) is 7.09. The van der Waals surface area contributed by atoms with Crippen LogP contribution in [0.25, 0.3) is 0 Å². The van der Waals surface area contributed by atoms with E-state index in [4.69, 9.17) is 11.6 Å². The van der Waals surface area contributed by atoms with E-state index in [2.05, 4.69) is 5.32 Å². The van der Waals surface area contributed by atoms with Crippen molar-refractivity contribution in [3.8, 4) is 0 Å². The van der Waals surface area contributed by atoms with Crippen molar-refractivity contribution in [3.63, 3.8) is 0 Å². The Labute approximate surface area is 132 Å². The van der Waals surface area contributed by atoms with Crippen LogP contribution >= 0.6 is 11.6 Å². The first-order chi connectivity index (χ1) is 10.1. The van der Waals surface area contributed by atoms with Crippen molar-refractivity contribution in [2.45, 2.75) is 45.4 Å². The zero-order chi connectivity index (χ0) is 14.8. The molecule has 3 rings (SSSR count). The molecule has 1 unspecified atom stereocenters. The summed E-state index contributed by atoms with van der Waals surface area (Å²) in [5, 5.41) is 4.21. The zero-order valence-electron chi connectivity index (χ0n) is 12.8. The third kappa shape index (κ3) is 3.32. The number of halogens is 1. The van der Waals surface area contributed by atoms with Gasteiger partial charge in [-0.1, -0.05) is 17.7 Å². The number of rotatable bonds is 2. The number of fused-ring (bicyclic) bond motifs is 1. The zero-order valence-corrected chi connectivity index (χ0v) is 13.5. The Balaban J connectivity index is 1.80. The van der Waals surface area contributed by atoms with E-state index in [1.165, 1.54) is 19.3 Å². The average molecular weight is 306 g/mol. The van der Waals surface area contributed by atoms with Crippen molar-refractivity contribution < 1.29 is 4.79 Å². The Morgan fingerprint density at radius 2 is 1.95 bits per heavy atom. The second kappa shape index (κ2) is 6.50. The van der Waals surface area contributed by atoms with Gasteiger partial charge in [0, 0.05) is 17.0 Å². The van der Waals surface area contributed by atoms with Crippen LogP contribution in [0.2, 0.25) is 5.02 Å². The largest absolute Gasteiger partial charge is 0.317 e. The number of piperidine rings is 1. The second-order valence-electron chi connectivity index (χ2n) is 6.68. The molecule has 2 aliphatic rings. The van der Waals surface area contributed by atoms with Crippen molar-refractivity contribution in [1.82, 2.24) is 5.32 Å². The third-order valence-corrected chi connectivity index (χ3v) is 5.49. The standard InChI is InChI=1S/C18H24ClNO/c1-12-2-4-16(19)15-11-14(3-5-17(21)18(12)15)10-13-6-8-20-9-7-13/h2,4,13-14,20H,3,5-11H2,1H3. The lowest BCUT2D eigenvalue weighted by molar-refractivity contribution is 0.0975. The summed E-state index contributed by atoms with van der Waals surface area (Å²) >= 11 is 6.40. The topological polar surface area (TPSA) is 29.1 Å². The molecule has 1 aromatic rings. The van der Waals surface area contributed by atoms with Gasteiger partial charge in [0.25, 0.3) is 0 Å². The number of ketones is 1. The van der Waals surface area contributed by atoms with Gasteiger partial charge in [0.05, 0.1) is 0 Å². The lowest BCUT2D eigenvalue weighted by atomic mass is 9.83. The Hall–Kier alpha value is -0.860. The molecule has 1 aliphatic carbocycles. The molecular weight excluding hydrogens is 282 g/mol. The van der Waals surface area contributed by atoms with E-state index >= 15 is 0 Å². The van der Waals surface area contributed by atoms with E-state index in [0.29, 0.717) is 12.3 Å². The fourth-order valence-electron chi connectivity index (χ4n) is 3.97. The number of carbonyl (C=O) groups is 1. The molecule has 3 heteroatoms. The fraction of sp³-hybridized carbons (Fsp3) is 0.611. The van der Waals surface area contributed by atoms with Gasteiger partial charge in [-0.25, -0.2) is 0 Å². The van der Waals surface area contributed by atoms with Gasteiger partial charge in [-0.15, -0.1) is 0 Å². The quantitative estimate of drug-likeness (QED) is 0.831. The Morgan fingerprint density at radius 3 is 2.71 bits per heavy atom. The summed E-state index contributed by atoms with van der Waals surface area (Å²) in [4.78, 5) is 12.4. The molecule has 1 heterocycles. The highest BCUT2D eigenvalue weighted by molar-refractivity contribution is 6.32. The first-order valence-electron chi connectivity index (χ1n) is 8.17. The van der Waals surface area contributed by atoms with E-state index < -0.39 is 0 Å². The van der Waals surface area contributed by atoms with Gasteiger partial charge in [0.2, 0.25) is 0 Å². The van der Waals surface area contributed by atoms with Crippen LogP contribution in [0.5, 0.6) is 0 Å². The first-order valence-corrected chi connectivity index (χ1v) is 8.55. The number of Topliss-reactive ketones (excluding diaryl/α,β-unsaturated/α-hetero) is 1. The average Bonchev–Trinajstić information content (AvgIpc) is 2.65. The molecule has 0 spiro atoms. The summed E-state index contributed by atoms with van der Waals surface area (Å²) in [5.74, 6) is 1.71. The summed E-state index contributed by atoms with van der Waals surface area (Å²) in [7, 11) is 0. The van der Waals surface area contributed by atoms with Crippen molar-refractivity contribution in [1.29, 1.82) is 0 Å². The molecule has 1 fully saturated rings. The molecule has 114 valence electrons. The molecule has 0 saturated carbocycles. The molecule has 1 aliphatic heterocycles. The van der Waals surface area contributed by atoms with Crippen molar-refractivity contribution in [2.75, 3.05) is 13.1 Å². The van der Waals surface area contributed by atoms with Crippen LogP contribution < -0.4 is 5.32 Å². The molecule has 0 radical (unpaired) electrons. The van der Waals surface area contributed by atoms with Crippen molar-refractivity contribution in [3.05, 3.63) is 33.8 Å². The van der Waals surface area contributed by atoms with E-state index in [9.17, 15) is 4.79 Å². The van der Waals surface area contributed by atoms with Crippen LogP contribution in [0.15, 0.2) is 12.1 Å². The number of aryl methyl sites for hydroxylation is 1. The predicted molar refractivity (Wildman–Crippen MR) is 87.2 cm³/mol. The highest BCUT2D eigenvalue weighted by Gasteiger charge is 2.27. The monoisotopic (exact) mass is 305 g/mol. The van der Waals surface area contributed by atoms with Gasteiger partial charge in [0.1, 0.15) is 0 Å². The summed E-state index contributed by atoms with van der Waals surface area (Å²) < 4.78 is 0. The molecule has 0 aromatic heterocycles. The number of carbonyl (C=O) groups excluding carboxylic acids is 1. The number of nitrogens with one attached hydrogen (secondary N) is 1. The van der Waals surface area contributed by atoms with E-state index in [0.717, 1.165) is 53.6 Å². The smallest absolute Gasteiger partial charge is 0.163 e. The molecule has 1 saturated heterocycles. The van der Waals surface area contributed by atoms with Gasteiger partial charge in [-0.2, -0.15) is 0 Å². The SMILES string of the molecule is Cc1ccc(Cl)c2c1C(=O)CCC(CC1CCNCC1)C2. The highest BCUT2D eigenvalue weighted by Crippen LogP contribution is 2.35. The molecular formula is C18H24ClNO. The highest BCUT2D eigenvalue weighted by atomic mass is 35.5. The Kier molecular flexibility index (Phi) is 4.66. The molecule has 2 nitrogen and oxygen atoms in total. The summed E-state index contributed by atoms with van der Waals surface area (Å²) in [6, 6.07) is 3.93. The summed E-state index contributed by atoms with van der Waals surface area (Å²) in [5.41, 5.74) is 3.11. The van der Waals surface area contributed by atoms with Crippen molar-refractivity contribution in [2.24, 2.45) is 11.8 Å². The minimum Gasteiger partial charge on any atom is -0.317 e. The van der Waals surface area contributed by atoms with Crippen molar-refractivity contribution >= 4 is 17.4 Å². The minimum atomic E-state index is 0.290. The molecule has 0 bridgehead atoms. The summed E-state index contributed by atoms with van der Waals surface area (Å²) in [6.07, 6.45) is 6.49. The first kappa shape index (κ1) is 15.1.